The van der Waals surface area contributed by atoms with Crippen LogP contribution in [0, 0.1) is 5.82 Å². The van der Waals surface area contributed by atoms with E-state index in [4.69, 9.17) is 4.42 Å². The number of hydrogen-bond acceptors (Lipinski definition) is 8. The summed E-state index contributed by atoms with van der Waals surface area (Å²) in [7, 11) is -4.01. The monoisotopic (exact) mass is 569 g/mol. The summed E-state index contributed by atoms with van der Waals surface area (Å²) < 4.78 is 45.5. The second-order valence-electron chi connectivity index (χ2n) is 9.15. The molecule has 1 fully saturated rings. The number of benzene rings is 2. The fraction of sp³-hybridized carbons (Fsp3) is 0.222. The van der Waals surface area contributed by atoms with Crippen LogP contribution in [0.15, 0.2) is 77.7 Å². The van der Waals surface area contributed by atoms with Crippen LogP contribution in [-0.2, 0) is 19.4 Å². The molecular formula is C27H24FN3O6S2. The lowest BCUT2D eigenvalue weighted by atomic mass is 9.97. The Morgan fingerprint density at radius 2 is 1.82 bits per heavy atom. The van der Waals surface area contributed by atoms with Crippen molar-refractivity contribution in [2.75, 3.05) is 18.8 Å². The van der Waals surface area contributed by atoms with Crippen molar-refractivity contribution in [2.24, 2.45) is 0 Å². The van der Waals surface area contributed by atoms with Gasteiger partial charge in [-0.3, -0.25) is 14.8 Å². The molecule has 1 unspecified atom stereocenters. The number of carbonyl (C=O) groups excluding carboxylic acids is 2. The Bertz CT molecular complexity index is 1600. The summed E-state index contributed by atoms with van der Waals surface area (Å²) >= 11 is 1.23. The first-order valence-corrected chi connectivity index (χ1v) is 14.5. The minimum absolute atomic E-state index is 0.0236. The van der Waals surface area contributed by atoms with Crippen molar-refractivity contribution >= 4 is 33.0 Å². The molecule has 1 atom stereocenters. The third-order valence-electron chi connectivity index (χ3n) is 6.91. The van der Waals surface area contributed by atoms with E-state index in [2.05, 4.69) is 4.98 Å². The van der Waals surface area contributed by atoms with Crippen molar-refractivity contribution in [1.29, 1.82) is 0 Å². The molecule has 1 aliphatic heterocycles. The van der Waals surface area contributed by atoms with E-state index in [0.29, 0.717) is 10.6 Å². The number of hydrogen-bond donors (Lipinski definition) is 2. The fourth-order valence-electron chi connectivity index (χ4n) is 4.77. The van der Waals surface area contributed by atoms with Crippen molar-refractivity contribution in [3.05, 3.63) is 89.5 Å². The highest BCUT2D eigenvalue weighted by Gasteiger charge is 2.50. The molecule has 1 aliphatic rings. The highest BCUT2D eigenvalue weighted by atomic mass is 32.2. The zero-order valence-electron chi connectivity index (χ0n) is 20.5. The Morgan fingerprint density at radius 1 is 1.08 bits per heavy atom. The van der Waals surface area contributed by atoms with Gasteiger partial charge in [0.1, 0.15) is 10.6 Å². The zero-order chi connectivity index (χ0) is 27.6. The SMILES string of the molecule is O=C(CC1(c2ccc(-c3ccc(-c4cnco4)cc3)s2)CCN(C(=O)c2ccccc2F)CCS1(=O)=O)NO. The lowest BCUT2D eigenvalue weighted by molar-refractivity contribution is -0.129. The number of thiophene rings is 1. The van der Waals surface area contributed by atoms with Gasteiger partial charge in [-0.05, 0) is 36.2 Å². The van der Waals surface area contributed by atoms with Gasteiger partial charge in [-0.2, -0.15) is 0 Å². The third kappa shape index (κ3) is 5.10. The van der Waals surface area contributed by atoms with Crippen molar-refractivity contribution in [2.45, 2.75) is 17.6 Å². The van der Waals surface area contributed by atoms with Gasteiger partial charge in [-0.25, -0.2) is 23.3 Å². The number of hydroxylamine groups is 1. The van der Waals surface area contributed by atoms with Crippen molar-refractivity contribution in [3.63, 3.8) is 0 Å². The largest absolute Gasteiger partial charge is 0.444 e. The molecule has 39 heavy (non-hydrogen) atoms. The molecular weight excluding hydrogens is 545 g/mol. The first-order chi connectivity index (χ1) is 18.7. The fourth-order valence-corrected chi connectivity index (χ4v) is 8.38. The summed E-state index contributed by atoms with van der Waals surface area (Å²) in [5, 5.41) is 9.27. The van der Waals surface area contributed by atoms with Crippen LogP contribution in [-0.4, -0.2) is 54.2 Å². The zero-order valence-corrected chi connectivity index (χ0v) is 22.2. The predicted octanol–water partition coefficient (Wildman–Crippen LogP) is 4.26. The number of rotatable bonds is 6. The molecule has 0 bridgehead atoms. The van der Waals surface area contributed by atoms with E-state index < -0.39 is 44.4 Å². The quantitative estimate of drug-likeness (QED) is 0.262. The second kappa shape index (κ2) is 10.7. The molecule has 5 rings (SSSR count). The average molecular weight is 570 g/mol. The van der Waals surface area contributed by atoms with Gasteiger partial charge in [0.05, 0.1) is 23.9 Å². The number of aromatic nitrogens is 1. The smallest absolute Gasteiger partial charge is 0.256 e. The molecule has 0 saturated carbocycles. The maximum atomic E-state index is 14.3. The van der Waals surface area contributed by atoms with Crippen LogP contribution in [0.5, 0.6) is 0 Å². The van der Waals surface area contributed by atoms with E-state index in [1.807, 2.05) is 24.3 Å². The molecule has 2 aromatic carbocycles. The van der Waals surface area contributed by atoms with E-state index in [9.17, 15) is 27.6 Å². The van der Waals surface area contributed by atoms with Gasteiger partial charge in [0.15, 0.2) is 22.0 Å². The minimum Gasteiger partial charge on any atom is -0.444 e. The number of nitrogens with one attached hydrogen (secondary N) is 1. The molecule has 0 aliphatic carbocycles. The molecule has 202 valence electrons. The topological polar surface area (TPSA) is 130 Å². The molecule has 2 amide bonds. The molecule has 2 N–H and O–H groups in total. The minimum atomic E-state index is -4.01. The van der Waals surface area contributed by atoms with E-state index in [-0.39, 0.29) is 25.1 Å². The molecule has 2 aromatic heterocycles. The van der Waals surface area contributed by atoms with Crippen LogP contribution in [0.3, 0.4) is 0 Å². The molecule has 0 spiro atoms. The molecule has 4 aromatic rings. The maximum absolute atomic E-state index is 14.3. The van der Waals surface area contributed by atoms with Crippen molar-refractivity contribution in [3.8, 4) is 21.8 Å². The summed E-state index contributed by atoms with van der Waals surface area (Å²) in [6, 6.07) is 16.4. The van der Waals surface area contributed by atoms with E-state index in [0.717, 1.165) is 16.0 Å². The highest BCUT2D eigenvalue weighted by molar-refractivity contribution is 7.92. The maximum Gasteiger partial charge on any atom is 0.256 e. The average Bonchev–Trinajstić information content (AvgIpc) is 3.63. The lowest BCUT2D eigenvalue weighted by Gasteiger charge is -2.30. The summed E-state index contributed by atoms with van der Waals surface area (Å²) in [5.74, 6) is -1.99. The lowest BCUT2D eigenvalue weighted by Crippen LogP contribution is -2.41. The van der Waals surface area contributed by atoms with Gasteiger partial charge in [0, 0.05) is 28.4 Å². The van der Waals surface area contributed by atoms with Crippen LogP contribution in [0.2, 0.25) is 0 Å². The van der Waals surface area contributed by atoms with Crippen molar-refractivity contribution < 1.29 is 32.0 Å². The van der Waals surface area contributed by atoms with E-state index in [1.54, 1.807) is 23.8 Å². The molecule has 12 heteroatoms. The van der Waals surface area contributed by atoms with Crippen LogP contribution < -0.4 is 5.48 Å². The predicted molar refractivity (Wildman–Crippen MR) is 142 cm³/mol. The van der Waals surface area contributed by atoms with Gasteiger partial charge in [0.25, 0.3) is 5.91 Å². The number of sulfone groups is 1. The number of carbonyl (C=O) groups is 2. The van der Waals surface area contributed by atoms with Gasteiger partial charge in [0.2, 0.25) is 5.91 Å². The first-order valence-electron chi connectivity index (χ1n) is 12.0. The standard InChI is InChI=1S/C27H24FN3O6S2/c28-21-4-2-1-3-20(21)26(33)31-12-11-27(15-25(32)30-34,39(35,36)14-13-31)24-10-9-23(38-24)19-7-5-18(6-8-19)22-16-29-17-37-22/h1-10,16-17,34H,11-15H2,(H,30,32). The Labute approximate surface area is 227 Å². The summed E-state index contributed by atoms with van der Waals surface area (Å²) in [6.07, 6.45) is 2.31. The number of nitrogens with zero attached hydrogens (tertiary/aromatic N) is 2. The van der Waals surface area contributed by atoms with Gasteiger partial charge in [-0.1, -0.05) is 36.4 Å². The Balaban J connectivity index is 1.48. The van der Waals surface area contributed by atoms with Crippen LogP contribution in [0.4, 0.5) is 4.39 Å². The summed E-state index contributed by atoms with van der Waals surface area (Å²) in [5.41, 5.74) is 3.06. The number of amides is 2. The summed E-state index contributed by atoms with van der Waals surface area (Å²) in [6.45, 7) is -0.177. The first kappa shape index (κ1) is 26.7. The molecule has 0 radical (unpaired) electrons. The number of oxazole rings is 1. The summed E-state index contributed by atoms with van der Waals surface area (Å²) in [4.78, 5) is 31.9. The Morgan fingerprint density at radius 3 is 2.51 bits per heavy atom. The Kier molecular flexibility index (Phi) is 7.34. The van der Waals surface area contributed by atoms with Crippen LogP contribution >= 0.6 is 11.3 Å². The number of halogens is 1. The molecule has 1 saturated heterocycles. The third-order valence-corrected chi connectivity index (χ3v) is 10.9. The highest BCUT2D eigenvalue weighted by Crippen LogP contribution is 2.45. The normalized spacial score (nSPS) is 18.9. The van der Waals surface area contributed by atoms with Crippen LogP contribution in [0.25, 0.3) is 21.8 Å². The van der Waals surface area contributed by atoms with E-state index >= 15 is 0 Å². The molecule has 3 heterocycles. The Hall–Kier alpha value is -3.87. The van der Waals surface area contributed by atoms with Crippen molar-refractivity contribution in [1.82, 2.24) is 15.4 Å². The van der Waals surface area contributed by atoms with Gasteiger partial charge in [-0.15, -0.1) is 11.3 Å². The van der Waals surface area contributed by atoms with Gasteiger partial charge >= 0.3 is 0 Å². The van der Waals surface area contributed by atoms with E-state index in [1.165, 1.54) is 46.9 Å². The second-order valence-corrected chi connectivity index (χ2v) is 12.7. The van der Waals surface area contributed by atoms with Gasteiger partial charge < -0.3 is 9.32 Å². The van der Waals surface area contributed by atoms with Crippen LogP contribution in [0.1, 0.15) is 28.1 Å². The molecule has 9 nitrogen and oxygen atoms in total.